The highest BCUT2D eigenvalue weighted by molar-refractivity contribution is 5.79. The van der Waals surface area contributed by atoms with Crippen LogP contribution in [0.25, 0.3) is 0 Å². The molecule has 21 heavy (non-hydrogen) atoms. The smallest absolute Gasteiger partial charge is 0.315 e. The van der Waals surface area contributed by atoms with Gasteiger partial charge in [-0.3, -0.25) is 4.79 Å². The van der Waals surface area contributed by atoms with Crippen molar-refractivity contribution in [3.63, 3.8) is 0 Å². The second-order valence-corrected chi connectivity index (χ2v) is 7.40. The summed E-state index contributed by atoms with van der Waals surface area (Å²) in [6.07, 6.45) is 2.27. The van der Waals surface area contributed by atoms with Gasteiger partial charge in [0.15, 0.2) is 0 Å². The molecule has 0 aliphatic carbocycles. The minimum atomic E-state index is -1.04. The maximum atomic E-state index is 12.2. The molecule has 3 aliphatic heterocycles. The van der Waals surface area contributed by atoms with Crippen LogP contribution in [0.1, 0.15) is 40.5 Å². The van der Waals surface area contributed by atoms with Crippen molar-refractivity contribution in [3.05, 3.63) is 0 Å². The average molecular weight is 297 g/mol. The molecule has 2 bridgehead atoms. The fraction of sp³-hybridized carbons (Fsp3) is 0.867. The average Bonchev–Trinajstić information content (AvgIpc) is 2.38. The number of nitrogens with zero attached hydrogens (tertiary/aromatic N) is 1. The molecule has 0 saturated carbocycles. The van der Waals surface area contributed by atoms with Gasteiger partial charge in [-0.25, -0.2) is 4.79 Å². The molecule has 0 radical (unpaired) electrons. The second-order valence-electron chi connectivity index (χ2n) is 7.40. The maximum Gasteiger partial charge on any atom is 0.315 e. The fourth-order valence-corrected chi connectivity index (χ4v) is 3.04. The number of rotatable bonds is 4. The summed E-state index contributed by atoms with van der Waals surface area (Å²) in [4.78, 5) is 26.0. The molecule has 120 valence electrons. The number of hydrogen-bond donors (Lipinski definition) is 3. The Labute approximate surface area is 126 Å². The predicted molar refractivity (Wildman–Crippen MR) is 80.1 cm³/mol. The maximum absolute atomic E-state index is 12.2. The Morgan fingerprint density at radius 2 is 1.71 bits per heavy atom. The highest BCUT2D eigenvalue weighted by Crippen LogP contribution is 2.31. The van der Waals surface area contributed by atoms with Crippen molar-refractivity contribution in [3.8, 4) is 0 Å². The Balaban J connectivity index is 1.94. The highest BCUT2D eigenvalue weighted by Gasteiger charge is 2.45. The molecular formula is C15H27N3O3. The molecular weight excluding hydrogens is 270 g/mol. The van der Waals surface area contributed by atoms with Gasteiger partial charge >= 0.3 is 12.0 Å². The van der Waals surface area contributed by atoms with E-state index in [2.05, 4.69) is 15.5 Å². The van der Waals surface area contributed by atoms with Gasteiger partial charge in [-0.2, -0.15) is 0 Å². The summed E-state index contributed by atoms with van der Waals surface area (Å²) in [6.45, 7) is 9.91. The Kier molecular flexibility index (Phi) is 4.19. The monoisotopic (exact) mass is 297 g/mol. The van der Waals surface area contributed by atoms with Crippen LogP contribution in [0.15, 0.2) is 0 Å². The van der Waals surface area contributed by atoms with E-state index in [4.69, 9.17) is 0 Å². The van der Waals surface area contributed by atoms with Crippen LogP contribution in [-0.4, -0.2) is 53.2 Å². The van der Waals surface area contributed by atoms with Crippen LogP contribution in [0.2, 0.25) is 0 Å². The number of carboxylic acid groups (broad SMARTS) is 1. The zero-order valence-electron chi connectivity index (χ0n) is 13.4. The van der Waals surface area contributed by atoms with Crippen LogP contribution in [0, 0.1) is 11.3 Å². The Morgan fingerprint density at radius 1 is 1.14 bits per heavy atom. The van der Waals surface area contributed by atoms with Crippen molar-refractivity contribution in [2.75, 3.05) is 19.6 Å². The molecule has 3 aliphatic rings. The number of carbonyl (C=O) groups is 2. The SMILES string of the molecule is CC(C)(NC(=O)NC1CN2CCC1CC2)C(C)(C)C(=O)O. The van der Waals surface area contributed by atoms with Gasteiger partial charge in [0.1, 0.15) is 0 Å². The van der Waals surface area contributed by atoms with Gasteiger partial charge in [0.25, 0.3) is 0 Å². The number of amides is 2. The summed E-state index contributed by atoms with van der Waals surface area (Å²) in [6, 6.07) is -0.0932. The molecule has 0 spiro atoms. The summed E-state index contributed by atoms with van der Waals surface area (Å²) >= 11 is 0. The fourth-order valence-electron chi connectivity index (χ4n) is 3.04. The van der Waals surface area contributed by atoms with Crippen molar-refractivity contribution in [2.45, 2.75) is 52.1 Å². The lowest BCUT2D eigenvalue weighted by Gasteiger charge is -2.45. The third-order valence-corrected chi connectivity index (χ3v) is 5.50. The summed E-state index contributed by atoms with van der Waals surface area (Å²) < 4.78 is 0. The van der Waals surface area contributed by atoms with E-state index in [9.17, 15) is 14.7 Å². The molecule has 3 saturated heterocycles. The topological polar surface area (TPSA) is 81.7 Å². The summed E-state index contributed by atoms with van der Waals surface area (Å²) in [7, 11) is 0. The molecule has 1 unspecified atom stereocenters. The van der Waals surface area contributed by atoms with Crippen LogP contribution in [0.3, 0.4) is 0 Å². The minimum Gasteiger partial charge on any atom is -0.481 e. The molecule has 0 aromatic rings. The van der Waals surface area contributed by atoms with E-state index in [1.165, 1.54) is 0 Å². The number of piperidine rings is 3. The summed E-state index contributed by atoms with van der Waals surface area (Å²) in [5.41, 5.74) is -1.88. The van der Waals surface area contributed by atoms with Crippen molar-refractivity contribution in [2.24, 2.45) is 11.3 Å². The molecule has 2 amide bonds. The normalized spacial score (nSPS) is 29.0. The molecule has 3 heterocycles. The van der Waals surface area contributed by atoms with E-state index in [0.717, 1.165) is 32.5 Å². The number of carbonyl (C=O) groups excluding carboxylic acids is 1. The number of nitrogens with one attached hydrogen (secondary N) is 2. The van der Waals surface area contributed by atoms with Crippen LogP contribution in [0.5, 0.6) is 0 Å². The number of urea groups is 1. The van der Waals surface area contributed by atoms with Crippen molar-refractivity contribution in [1.29, 1.82) is 0 Å². The first-order valence-corrected chi connectivity index (χ1v) is 7.68. The Bertz CT molecular complexity index is 426. The third kappa shape index (κ3) is 3.15. The molecule has 6 heteroatoms. The van der Waals surface area contributed by atoms with Crippen LogP contribution < -0.4 is 10.6 Å². The lowest BCUT2D eigenvalue weighted by atomic mass is 9.74. The molecule has 6 nitrogen and oxygen atoms in total. The Hall–Kier alpha value is -1.30. The van der Waals surface area contributed by atoms with E-state index >= 15 is 0 Å². The summed E-state index contributed by atoms with van der Waals surface area (Å²) in [5, 5.41) is 15.2. The minimum absolute atomic E-state index is 0.177. The second kappa shape index (κ2) is 5.48. The van der Waals surface area contributed by atoms with E-state index in [1.807, 2.05) is 0 Å². The van der Waals surface area contributed by atoms with E-state index < -0.39 is 16.9 Å². The number of hydrogen-bond acceptors (Lipinski definition) is 3. The van der Waals surface area contributed by atoms with Gasteiger partial charge in [-0.05, 0) is 59.5 Å². The lowest BCUT2D eigenvalue weighted by Crippen LogP contribution is -2.63. The standard InChI is InChI=1S/C15H27N3O3/c1-14(2,12(19)20)15(3,4)17-13(21)16-11-9-18-7-5-10(11)6-8-18/h10-11H,5-9H2,1-4H3,(H,19,20)(H2,16,17,21). The first-order chi connectivity index (χ1) is 9.63. The molecule has 3 N–H and O–H groups in total. The highest BCUT2D eigenvalue weighted by atomic mass is 16.4. The molecule has 3 fully saturated rings. The van der Waals surface area contributed by atoms with Gasteiger partial charge < -0.3 is 20.6 Å². The van der Waals surface area contributed by atoms with Gasteiger partial charge in [-0.15, -0.1) is 0 Å². The van der Waals surface area contributed by atoms with Crippen LogP contribution >= 0.6 is 0 Å². The summed E-state index contributed by atoms with van der Waals surface area (Å²) in [5.74, 6) is -0.369. The van der Waals surface area contributed by atoms with E-state index in [1.54, 1.807) is 27.7 Å². The molecule has 3 rings (SSSR count). The van der Waals surface area contributed by atoms with Crippen molar-refractivity contribution in [1.82, 2.24) is 15.5 Å². The van der Waals surface area contributed by atoms with E-state index in [0.29, 0.717) is 5.92 Å². The van der Waals surface area contributed by atoms with Gasteiger partial charge in [0, 0.05) is 12.6 Å². The van der Waals surface area contributed by atoms with Crippen molar-refractivity contribution >= 4 is 12.0 Å². The van der Waals surface area contributed by atoms with Crippen LogP contribution in [-0.2, 0) is 4.79 Å². The lowest BCUT2D eigenvalue weighted by molar-refractivity contribution is -0.150. The third-order valence-electron chi connectivity index (χ3n) is 5.50. The largest absolute Gasteiger partial charge is 0.481 e. The molecule has 1 atom stereocenters. The zero-order chi connectivity index (χ0) is 15.8. The van der Waals surface area contributed by atoms with Gasteiger partial charge in [0.05, 0.1) is 11.0 Å². The van der Waals surface area contributed by atoms with Gasteiger partial charge in [0.2, 0.25) is 0 Å². The predicted octanol–water partition coefficient (Wildman–Crippen LogP) is 1.27. The first-order valence-electron chi connectivity index (χ1n) is 7.68. The zero-order valence-corrected chi connectivity index (χ0v) is 13.4. The number of aliphatic carboxylic acids is 1. The van der Waals surface area contributed by atoms with E-state index in [-0.39, 0.29) is 12.1 Å². The Morgan fingerprint density at radius 3 is 2.14 bits per heavy atom. The van der Waals surface area contributed by atoms with Crippen molar-refractivity contribution < 1.29 is 14.7 Å². The first kappa shape index (κ1) is 16.1. The van der Waals surface area contributed by atoms with Gasteiger partial charge in [-0.1, -0.05) is 0 Å². The molecule has 0 aromatic heterocycles. The number of carboxylic acids is 1. The number of fused-ring (bicyclic) bond motifs is 3. The quantitative estimate of drug-likeness (QED) is 0.730. The van der Waals surface area contributed by atoms with Crippen LogP contribution in [0.4, 0.5) is 4.79 Å². The molecule has 0 aromatic carbocycles.